The number of hydrogen-bond donors (Lipinski definition) is 0. The van der Waals surface area contributed by atoms with E-state index in [1.807, 2.05) is 0 Å². The quantitative estimate of drug-likeness (QED) is 0.758. The number of carbonyl (C=O) groups is 1. The third kappa shape index (κ3) is 2.97. The van der Waals surface area contributed by atoms with Gasteiger partial charge in [0.2, 0.25) is 0 Å². The highest BCUT2D eigenvalue weighted by Crippen LogP contribution is 2.28. The van der Waals surface area contributed by atoms with Gasteiger partial charge in [0.25, 0.3) is 5.91 Å². The molecular formula is C13H15ClFNO. The lowest BCUT2D eigenvalue weighted by Gasteiger charge is -2.21. The Morgan fingerprint density at radius 1 is 1.47 bits per heavy atom. The second-order valence-electron chi connectivity index (χ2n) is 4.44. The zero-order valence-corrected chi connectivity index (χ0v) is 10.5. The topological polar surface area (TPSA) is 20.3 Å². The molecule has 2 rings (SSSR count). The molecule has 92 valence electrons. The number of aryl methyl sites for hydroxylation is 1. The Labute approximate surface area is 105 Å². The van der Waals surface area contributed by atoms with Crippen molar-refractivity contribution in [2.45, 2.75) is 25.8 Å². The first kappa shape index (κ1) is 12.4. The zero-order chi connectivity index (χ0) is 12.4. The molecule has 1 saturated carbocycles. The van der Waals surface area contributed by atoms with Gasteiger partial charge < -0.3 is 4.90 Å². The average Bonchev–Trinajstić information content (AvgIpc) is 3.07. The third-order valence-corrected chi connectivity index (χ3v) is 3.03. The second-order valence-corrected chi connectivity index (χ2v) is 4.81. The number of rotatable bonds is 4. The average molecular weight is 256 g/mol. The minimum Gasteiger partial charge on any atom is -0.334 e. The molecule has 1 aliphatic rings. The maximum atomic E-state index is 13.3. The molecule has 0 radical (unpaired) electrons. The van der Waals surface area contributed by atoms with Gasteiger partial charge in [-0.25, -0.2) is 4.39 Å². The number of amides is 1. The van der Waals surface area contributed by atoms with E-state index in [0.717, 1.165) is 18.4 Å². The van der Waals surface area contributed by atoms with Gasteiger partial charge in [-0.2, -0.15) is 0 Å². The molecule has 17 heavy (non-hydrogen) atoms. The van der Waals surface area contributed by atoms with E-state index in [2.05, 4.69) is 0 Å². The SMILES string of the molecule is Cc1cc(F)cc(C(=O)N(CCCl)C2CC2)c1. The fraction of sp³-hybridized carbons (Fsp3) is 0.462. The summed E-state index contributed by atoms with van der Waals surface area (Å²) in [6.45, 7) is 2.31. The molecule has 0 heterocycles. The van der Waals surface area contributed by atoms with Gasteiger partial charge in [0.1, 0.15) is 5.82 Å². The maximum Gasteiger partial charge on any atom is 0.254 e. The van der Waals surface area contributed by atoms with Crippen molar-refractivity contribution < 1.29 is 9.18 Å². The number of carbonyl (C=O) groups excluding carboxylic acids is 1. The normalized spacial score (nSPS) is 14.8. The Hall–Kier alpha value is -1.09. The highest BCUT2D eigenvalue weighted by atomic mass is 35.5. The van der Waals surface area contributed by atoms with E-state index >= 15 is 0 Å². The summed E-state index contributed by atoms with van der Waals surface area (Å²) >= 11 is 5.69. The third-order valence-electron chi connectivity index (χ3n) is 2.86. The summed E-state index contributed by atoms with van der Waals surface area (Å²) in [7, 11) is 0. The van der Waals surface area contributed by atoms with Crippen molar-refractivity contribution in [3.05, 3.63) is 35.1 Å². The molecule has 1 aromatic rings. The van der Waals surface area contributed by atoms with E-state index in [4.69, 9.17) is 11.6 Å². The fourth-order valence-electron chi connectivity index (χ4n) is 1.95. The van der Waals surface area contributed by atoms with E-state index < -0.39 is 0 Å². The van der Waals surface area contributed by atoms with Crippen LogP contribution < -0.4 is 0 Å². The van der Waals surface area contributed by atoms with Crippen LogP contribution in [0.3, 0.4) is 0 Å². The Balaban J connectivity index is 2.21. The summed E-state index contributed by atoms with van der Waals surface area (Å²) in [5.41, 5.74) is 1.18. The number of benzene rings is 1. The Bertz CT molecular complexity index is 411. The van der Waals surface area contributed by atoms with Crippen molar-refractivity contribution >= 4 is 17.5 Å². The van der Waals surface area contributed by atoms with Crippen LogP contribution in [-0.2, 0) is 0 Å². The molecule has 0 bridgehead atoms. The van der Waals surface area contributed by atoms with Crippen molar-refractivity contribution in [1.29, 1.82) is 0 Å². The molecule has 0 atom stereocenters. The summed E-state index contributed by atoms with van der Waals surface area (Å²) in [5, 5.41) is 0. The van der Waals surface area contributed by atoms with Crippen molar-refractivity contribution in [2.75, 3.05) is 12.4 Å². The first-order chi connectivity index (χ1) is 8.11. The lowest BCUT2D eigenvalue weighted by atomic mass is 10.1. The number of halogens is 2. The Kier molecular flexibility index (Phi) is 3.67. The van der Waals surface area contributed by atoms with Gasteiger partial charge in [0.15, 0.2) is 0 Å². The fourth-order valence-corrected chi connectivity index (χ4v) is 2.13. The largest absolute Gasteiger partial charge is 0.334 e. The summed E-state index contributed by atoms with van der Waals surface area (Å²) in [4.78, 5) is 14.0. The van der Waals surface area contributed by atoms with Crippen LogP contribution in [0.2, 0.25) is 0 Å². The van der Waals surface area contributed by atoms with E-state index in [9.17, 15) is 9.18 Å². The lowest BCUT2D eigenvalue weighted by Crippen LogP contribution is -2.34. The van der Waals surface area contributed by atoms with Crippen LogP contribution in [0.4, 0.5) is 4.39 Å². The van der Waals surface area contributed by atoms with E-state index in [1.165, 1.54) is 12.1 Å². The molecule has 0 unspecified atom stereocenters. The summed E-state index contributed by atoms with van der Waals surface area (Å²) in [5.74, 6) is -0.0676. The molecule has 2 nitrogen and oxygen atoms in total. The predicted molar refractivity (Wildman–Crippen MR) is 65.9 cm³/mol. The first-order valence-electron chi connectivity index (χ1n) is 5.76. The van der Waals surface area contributed by atoms with Crippen molar-refractivity contribution in [2.24, 2.45) is 0 Å². The van der Waals surface area contributed by atoms with Crippen LogP contribution in [0, 0.1) is 12.7 Å². The first-order valence-corrected chi connectivity index (χ1v) is 6.29. The van der Waals surface area contributed by atoms with Gasteiger partial charge in [-0.3, -0.25) is 4.79 Å². The van der Waals surface area contributed by atoms with Crippen LogP contribution in [0.25, 0.3) is 0 Å². The minimum atomic E-state index is -0.366. The Morgan fingerprint density at radius 3 is 2.71 bits per heavy atom. The van der Waals surface area contributed by atoms with Crippen LogP contribution in [0.5, 0.6) is 0 Å². The van der Waals surface area contributed by atoms with Crippen molar-refractivity contribution in [3.8, 4) is 0 Å². The zero-order valence-electron chi connectivity index (χ0n) is 9.75. The van der Waals surface area contributed by atoms with Crippen LogP contribution in [0.15, 0.2) is 18.2 Å². The smallest absolute Gasteiger partial charge is 0.254 e. The summed E-state index contributed by atoms with van der Waals surface area (Å²) < 4.78 is 13.3. The van der Waals surface area contributed by atoms with Gasteiger partial charge >= 0.3 is 0 Å². The maximum absolute atomic E-state index is 13.3. The number of nitrogens with zero attached hydrogens (tertiary/aromatic N) is 1. The molecule has 0 N–H and O–H groups in total. The molecule has 1 amide bonds. The molecule has 1 aliphatic carbocycles. The standard InChI is InChI=1S/C13H15ClFNO/c1-9-6-10(8-11(15)7-9)13(17)16(5-4-14)12-2-3-12/h6-8,12H,2-5H2,1H3. The van der Waals surface area contributed by atoms with E-state index in [0.29, 0.717) is 24.0 Å². The molecule has 0 aromatic heterocycles. The number of alkyl halides is 1. The lowest BCUT2D eigenvalue weighted by molar-refractivity contribution is 0.0753. The molecule has 0 aliphatic heterocycles. The van der Waals surface area contributed by atoms with E-state index in [1.54, 1.807) is 17.9 Å². The second kappa shape index (κ2) is 5.05. The summed E-state index contributed by atoms with van der Waals surface area (Å²) in [6.07, 6.45) is 2.05. The van der Waals surface area contributed by atoms with Gasteiger partial charge in [0, 0.05) is 24.0 Å². The highest BCUT2D eigenvalue weighted by molar-refractivity contribution is 6.18. The van der Waals surface area contributed by atoms with Crippen LogP contribution >= 0.6 is 11.6 Å². The van der Waals surface area contributed by atoms with Crippen LogP contribution in [0.1, 0.15) is 28.8 Å². The highest BCUT2D eigenvalue weighted by Gasteiger charge is 2.32. The number of hydrogen-bond acceptors (Lipinski definition) is 1. The monoisotopic (exact) mass is 255 g/mol. The molecule has 1 aromatic carbocycles. The van der Waals surface area contributed by atoms with Gasteiger partial charge in [-0.15, -0.1) is 11.6 Å². The van der Waals surface area contributed by atoms with Gasteiger partial charge in [-0.05, 0) is 43.5 Å². The molecule has 4 heteroatoms. The van der Waals surface area contributed by atoms with Crippen LogP contribution in [-0.4, -0.2) is 29.3 Å². The van der Waals surface area contributed by atoms with Crippen molar-refractivity contribution in [3.63, 3.8) is 0 Å². The molecule has 0 saturated heterocycles. The van der Waals surface area contributed by atoms with Crippen molar-refractivity contribution in [1.82, 2.24) is 4.90 Å². The Morgan fingerprint density at radius 2 is 2.18 bits per heavy atom. The van der Waals surface area contributed by atoms with E-state index in [-0.39, 0.29) is 11.7 Å². The molecule has 0 spiro atoms. The predicted octanol–water partition coefficient (Wildman–Crippen LogP) is 2.98. The molecule has 1 fully saturated rings. The molecular weight excluding hydrogens is 241 g/mol. The van der Waals surface area contributed by atoms with Gasteiger partial charge in [-0.1, -0.05) is 0 Å². The summed E-state index contributed by atoms with van der Waals surface area (Å²) in [6, 6.07) is 4.72. The van der Waals surface area contributed by atoms with Gasteiger partial charge in [0.05, 0.1) is 0 Å². The minimum absolute atomic E-state index is 0.115.